The first-order valence-corrected chi connectivity index (χ1v) is 24.4. The standard InChI is InChI=1S/C49H95NO5/c1-4-7-10-13-16-19-21-22-23-24-25-26-27-28-30-33-36-39-42-49(54)55-45(40-37-34-31-18-15-12-9-6-3)43-48(53)50-46(44-51)47(52)41-38-35-32-29-20-17-14-11-8-5-2/h25-26,45-47,51-52H,4-24,27-44H2,1-3H3,(H,50,53)/b26-25+. The highest BCUT2D eigenvalue weighted by Gasteiger charge is 2.24. The molecule has 6 heteroatoms. The Hall–Kier alpha value is -1.40. The van der Waals surface area contributed by atoms with Gasteiger partial charge in [-0.1, -0.05) is 213 Å². The van der Waals surface area contributed by atoms with Gasteiger partial charge in [0.05, 0.1) is 25.2 Å². The third kappa shape index (κ3) is 39.2. The maximum Gasteiger partial charge on any atom is 0.306 e. The molecule has 0 heterocycles. The number of hydrogen-bond donors (Lipinski definition) is 3. The number of rotatable bonds is 44. The summed E-state index contributed by atoms with van der Waals surface area (Å²) in [5.74, 6) is -0.475. The van der Waals surface area contributed by atoms with Crippen LogP contribution < -0.4 is 5.32 Å². The first kappa shape index (κ1) is 53.6. The van der Waals surface area contributed by atoms with Crippen molar-refractivity contribution >= 4 is 11.9 Å². The van der Waals surface area contributed by atoms with E-state index in [1.807, 2.05) is 0 Å². The van der Waals surface area contributed by atoms with Gasteiger partial charge in [0, 0.05) is 6.42 Å². The summed E-state index contributed by atoms with van der Waals surface area (Å²) in [5, 5.41) is 23.6. The Balaban J connectivity index is 4.40. The Kier molecular flexibility index (Phi) is 42.6. The third-order valence-corrected chi connectivity index (χ3v) is 11.3. The fraction of sp³-hybridized carbons (Fsp3) is 0.918. The van der Waals surface area contributed by atoms with Crippen LogP contribution in [0.15, 0.2) is 12.2 Å². The van der Waals surface area contributed by atoms with Gasteiger partial charge in [0.1, 0.15) is 6.10 Å². The lowest BCUT2D eigenvalue weighted by Crippen LogP contribution is -2.46. The van der Waals surface area contributed by atoms with Crippen LogP contribution in [0.3, 0.4) is 0 Å². The monoisotopic (exact) mass is 778 g/mol. The van der Waals surface area contributed by atoms with Crippen LogP contribution in [0.1, 0.15) is 265 Å². The number of allylic oxidation sites excluding steroid dienone is 2. The van der Waals surface area contributed by atoms with Crippen molar-refractivity contribution in [1.29, 1.82) is 0 Å². The van der Waals surface area contributed by atoms with Crippen LogP contribution in [-0.4, -0.2) is 46.9 Å². The lowest BCUT2D eigenvalue weighted by Gasteiger charge is -2.24. The van der Waals surface area contributed by atoms with Gasteiger partial charge in [0.25, 0.3) is 0 Å². The van der Waals surface area contributed by atoms with Crippen LogP contribution in [0.2, 0.25) is 0 Å². The number of carbonyl (C=O) groups is 2. The van der Waals surface area contributed by atoms with Gasteiger partial charge in [-0.25, -0.2) is 0 Å². The van der Waals surface area contributed by atoms with Crippen LogP contribution in [0.25, 0.3) is 0 Å². The normalized spacial score (nSPS) is 13.3. The summed E-state index contributed by atoms with van der Waals surface area (Å²) in [5.41, 5.74) is 0. The van der Waals surface area contributed by atoms with Crippen molar-refractivity contribution in [2.45, 2.75) is 283 Å². The molecule has 3 N–H and O–H groups in total. The molecule has 0 bridgehead atoms. The summed E-state index contributed by atoms with van der Waals surface area (Å²) in [6, 6.07) is -0.694. The minimum absolute atomic E-state index is 0.0797. The van der Waals surface area contributed by atoms with Gasteiger partial charge >= 0.3 is 5.97 Å². The Morgan fingerprint density at radius 2 is 0.873 bits per heavy atom. The van der Waals surface area contributed by atoms with Crippen molar-refractivity contribution < 1.29 is 24.5 Å². The second-order valence-corrected chi connectivity index (χ2v) is 16.9. The van der Waals surface area contributed by atoms with Crippen LogP contribution in [0.4, 0.5) is 0 Å². The van der Waals surface area contributed by atoms with Crippen molar-refractivity contribution in [3.8, 4) is 0 Å². The highest BCUT2D eigenvalue weighted by molar-refractivity contribution is 5.77. The van der Waals surface area contributed by atoms with E-state index in [0.29, 0.717) is 19.3 Å². The topological polar surface area (TPSA) is 95.9 Å². The number of carbonyl (C=O) groups excluding carboxylic acids is 2. The zero-order valence-corrected chi connectivity index (χ0v) is 37.1. The fourth-order valence-corrected chi connectivity index (χ4v) is 7.60. The number of esters is 1. The molecule has 0 radical (unpaired) electrons. The first-order valence-electron chi connectivity index (χ1n) is 24.4. The van der Waals surface area contributed by atoms with E-state index in [1.54, 1.807) is 0 Å². The third-order valence-electron chi connectivity index (χ3n) is 11.3. The molecular formula is C49H95NO5. The molecule has 0 aliphatic rings. The van der Waals surface area contributed by atoms with Crippen molar-refractivity contribution in [1.82, 2.24) is 5.32 Å². The first-order chi connectivity index (χ1) is 27.0. The van der Waals surface area contributed by atoms with Crippen LogP contribution in [0, 0.1) is 0 Å². The summed E-state index contributed by atoms with van der Waals surface area (Å²) in [4.78, 5) is 25.9. The highest BCUT2D eigenvalue weighted by atomic mass is 16.5. The zero-order chi connectivity index (χ0) is 40.3. The molecule has 0 aromatic rings. The van der Waals surface area contributed by atoms with E-state index >= 15 is 0 Å². The molecule has 55 heavy (non-hydrogen) atoms. The number of hydrogen-bond acceptors (Lipinski definition) is 5. The van der Waals surface area contributed by atoms with Gasteiger partial charge in [-0.2, -0.15) is 0 Å². The Bertz CT molecular complexity index is 832. The SMILES string of the molecule is CCCCCCCCCCC/C=C/CCCCCCCC(=O)OC(CCCCCCCCCC)CC(=O)NC(CO)C(O)CCCCCCCCCCCC. The molecule has 3 unspecified atom stereocenters. The number of amides is 1. The van der Waals surface area contributed by atoms with E-state index in [4.69, 9.17) is 4.74 Å². The number of unbranched alkanes of at least 4 members (excludes halogenated alkanes) is 30. The number of ether oxygens (including phenoxy) is 1. The molecule has 6 nitrogen and oxygen atoms in total. The largest absolute Gasteiger partial charge is 0.462 e. The molecule has 326 valence electrons. The van der Waals surface area contributed by atoms with Gasteiger partial charge in [0.2, 0.25) is 5.91 Å². The molecule has 0 saturated carbocycles. The quantitative estimate of drug-likeness (QED) is 0.0325. The summed E-state index contributed by atoms with van der Waals surface area (Å²) in [6.45, 7) is 6.46. The Morgan fingerprint density at radius 1 is 0.509 bits per heavy atom. The van der Waals surface area contributed by atoms with E-state index in [0.717, 1.165) is 51.4 Å². The second-order valence-electron chi connectivity index (χ2n) is 16.9. The van der Waals surface area contributed by atoms with Crippen LogP contribution in [0.5, 0.6) is 0 Å². The average molecular weight is 778 g/mol. The lowest BCUT2D eigenvalue weighted by molar-refractivity contribution is -0.151. The van der Waals surface area contributed by atoms with Gasteiger partial charge in [-0.15, -0.1) is 0 Å². The Labute approximate surface area is 342 Å². The summed E-state index contributed by atoms with van der Waals surface area (Å²) < 4.78 is 5.89. The predicted molar refractivity (Wildman–Crippen MR) is 237 cm³/mol. The van der Waals surface area contributed by atoms with E-state index in [2.05, 4.69) is 38.2 Å². The maximum absolute atomic E-state index is 13.1. The smallest absolute Gasteiger partial charge is 0.306 e. The number of aliphatic hydroxyl groups excluding tert-OH is 2. The summed E-state index contributed by atoms with van der Waals surface area (Å²) >= 11 is 0. The van der Waals surface area contributed by atoms with E-state index in [-0.39, 0.29) is 24.9 Å². The van der Waals surface area contributed by atoms with E-state index < -0.39 is 18.2 Å². The highest BCUT2D eigenvalue weighted by Crippen LogP contribution is 2.18. The summed E-state index contributed by atoms with van der Waals surface area (Å²) in [7, 11) is 0. The molecule has 1 amide bonds. The van der Waals surface area contributed by atoms with Gasteiger partial charge in [-0.3, -0.25) is 9.59 Å². The molecule has 3 atom stereocenters. The van der Waals surface area contributed by atoms with E-state index in [1.165, 1.54) is 167 Å². The molecule has 0 aliphatic carbocycles. The van der Waals surface area contributed by atoms with E-state index in [9.17, 15) is 19.8 Å². The van der Waals surface area contributed by atoms with Crippen molar-refractivity contribution in [2.24, 2.45) is 0 Å². The minimum Gasteiger partial charge on any atom is -0.462 e. The van der Waals surface area contributed by atoms with Crippen LogP contribution in [-0.2, 0) is 14.3 Å². The molecule has 0 fully saturated rings. The van der Waals surface area contributed by atoms with Crippen molar-refractivity contribution in [3.05, 3.63) is 12.2 Å². The zero-order valence-electron chi connectivity index (χ0n) is 37.1. The fourth-order valence-electron chi connectivity index (χ4n) is 7.60. The van der Waals surface area contributed by atoms with Crippen LogP contribution >= 0.6 is 0 Å². The Morgan fingerprint density at radius 3 is 1.29 bits per heavy atom. The average Bonchev–Trinajstić information content (AvgIpc) is 3.18. The second kappa shape index (κ2) is 43.7. The predicted octanol–water partition coefficient (Wildman–Crippen LogP) is 14.2. The van der Waals surface area contributed by atoms with Crippen molar-refractivity contribution in [2.75, 3.05) is 6.61 Å². The molecule has 0 aromatic heterocycles. The molecule has 0 spiro atoms. The molecule has 0 rings (SSSR count). The molecule has 0 aliphatic heterocycles. The maximum atomic E-state index is 13.1. The van der Waals surface area contributed by atoms with Crippen molar-refractivity contribution in [3.63, 3.8) is 0 Å². The molecule has 0 saturated heterocycles. The molecule has 0 aromatic carbocycles. The molecular weight excluding hydrogens is 683 g/mol. The lowest BCUT2D eigenvalue weighted by atomic mass is 10.0. The van der Waals surface area contributed by atoms with Gasteiger partial charge in [0.15, 0.2) is 0 Å². The number of nitrogens with one attached hydrogen (secondary N) is 1. The summed E-state index contributed by atoms with van der Waals surface area (Å²) in [6.07, 6.45) is 47.1. The number of aliphatic hydroxyl groups is 2. The minimum atomic E-state index is -0.780. The van der Waals surface area contributed by atoms with Gasteiger partial charge in [-0.05, 0) is 51.4 Å². The van der Waals surface area contributed by atoms with Gasteiger partial charge < -0.3 is 20.3 Å².